The summed E-state index contributed by atoms with van der Waals surface area (Å²) in [6.45, 7) is 3.85. The molecule has 204 valence electrons. The van der Waals surface area contributed by atoms with Crippen molar-refractivity contribution in [3.05, 3.63) is 29.8 Å². The van der Waals surface area contributed by atoms with Gasteiger partial charge in [-0.05, 0) is 42.9 Å². The van der Waals surface area contributed by atoms with Crippen molar-refractivity contribution in [2.24, 2.45) is 11.7 Å². The maximum Gasteiger partial charge on any atom is 0.326 e. The van der Waals surface area contributed by atoms with Gasteiger partial charge in [0.25, 0.3) is 0 Å². The number of amides is 3. The Labute approximate surface area is 215 Å². The van der Waals surface area contributed by atoms with E-state index in [4.69, 9.17) is 10.8 Å². The second kappa shape index (κ2) is 13.6. The summed E-state index contributed by atoms with van der Waals surface area (Å²) < 4.78 is 0. The third-order valence-corrected chi connectivity index (χ3v) is 6.65. The highest BCUT2D eigenvalue weighted by molar-refractivity contribution is 5.94. The van der Waals surface area contributed by atoms with E-state index in [0.29, 0.717) is 18.4 Å². The minimum absolute atomic E-state index is 0.0226. The number of phenolic OH excluding ortho intramolecular Hbond substituents is 1. The number of nitrogens with two attached hydrogens (primary N) is 1. The van der Waals surface area contributed by atoms with Crippen LogP contribution in [-0.2, 0) is 30.4 Å². The van der Waals surface area contributed by atoms with Crippen LogP contribution in [0.15, 0.2) is 24.3 Å². The standard InChI is InChI=1S/C25H36N4O8/c1-3-14(2)21(26)23(34)27-17(10-11-20(31)32)24(35)29-12-4-5-19(29)22(33)28-18(25(36)37)13-15-6-8-16(30)9-7-15/h6-9,14,17-19,21,30H,3-5,10-13,26H2,1-2H3,(H,27,34)(H,28,33)(H,31,32)(H,36,37). The Hall–Kier alpha value is -3.67. The minimum atomic E-state index is -1.27. The molecule has 1 aromatic carbocycles. The van der Waals surface area contributed by atoms with E-state index in [1.54, 1.807) is 19.1 Å². The fourth-order valence-corrected chi connectivity index (χ4v) is 4.14. The number of aromatic hydroxyl groups is 1. The minimum Gasteiger partial charge on any atom is -0.508 e. The predicted octanol–water partition coefficient (Wildman–Crippen LogP) is 0.218. The van der Waals surface area contributed by atoms with Crippen LogP contribution in [-0.4, -0.2) is 80.6 Å². The van der Waals surface area contributed by atoms with E-state index in [-0.39, 0.29) is 43.9 Å². The second-order valence-corrected chi connectivity index (χ2v) is 9.36. The molecule has 37 heavy (non-hydrogen) atoms. The average Bonchev–Trinajstić information content (AvgIpc) is 3.35. The van der Waals surface area contributed by atoms with Gasteiger partial charge in [0.05, 0.1) is 6.04 Å². The molecule has 1 aliphatic heterocycles. The summed E-state index contributed by atoms with van der Waals surface area (Å²) in [5.74, 6) is -4.41. The second-order valence-electron chi connectivity index (χ2n) is 9.36. The topological polar surface area (TPSA) is 199 Å². The molecule has 1 heterocycles. The maximum absolute atomic E-state index is 13.4. The number of nitrogens with one attached hydrogen (secondary N) is 2. The number of likely N-dealkylation sites (tertiary alicyclic amines) is 1. The van der Waals surface area contributed by atoms with Gasteiger partial charge in [0.15, 0.2) is 0 Å². The lowest BCUT2D eigenvalue weighted by molar-refractivity contribution is -0.145. The van der Waals surface area contributed by atoms with E-state index in [2.05, 4.69) is 10.6 Å². The van der Waals surface area contributed by atoms with E-state index >= 15 is 0 Å². The molecule has 0 saturated carbocycles. The first-order valence-corrected chi connectivity index (χ1v) is 12.3. The third kappa shape index (κ3) is 8.45. The quantitative estimate of drug-likeness (QED) is 0.210. The molecule has 12 heteroatoms. The number of aliphatic carboxylic acids is 2. The number of carboxylic acids is 2. The van der Waals surface area contributed by atoms with Crippen molar-refractivity contribution in [1.29, 1.82) is 0 Å². The van der Waals surface area contributed by atoms with Crippen LogP contribution in [0.4, 0.5) is 0 Å². The van der Waals surface area contributed by atoms with Gasteiger partial charge in [0.2, 0.25) is 17.7 Å². The first-order chi connectivity index (χ1) is 17.4. The SMILES string of the molecule is CCC(C)C(N)C(=O)NC(CCC(=O)O)C(=O)N1CCCC1C(=O)NC(Cc1ccc(O)cc1)C(=O)O. The van der Waals surface area contributed by atoms with Crippen LogP contribution < -0.4 is 16.4 Å². The Morgan fingerprint density at radius 2 is 1.73 bits per heavy atom. The van der Waals surface area contributed by atoms with E-state index in [0.717, 1.165) is 0 Å². The number of carbonyl (C=O) groups is 5. The molecular weight excluding hydrogens is 484 g/mol. The normalized spacial score (nSPS) is 18.4. The lowest BCUT2D eigenvalue weighted by atomic mass is 9.98. The monoisotopic (exact) mass is 520 g/mol. The van der Waals surface area contributed by atoms with Crippen molar-refractivity contribution in [1.82, 2.24) is 15.5 Å². The highest BCUT2D eigenvalue weighted by atomic mass is 16.4. The fraction of sp³-hybridized carbons (Fsp3) is 0.560. The Balaban J connectivity index is 2.15. The molecule has 5 unspecified atom stereocenters. The van der Waals surface area contributed by atoms with Crippen molar-refractivity contribution in [3.8, 4) is 5.75 Å². The van der Waals surface area contributed by atoms with Gasteiger partial charge in [-0.2, -0.15) is 0 Å². The van der Waals surface area contributed by atoms with Gasteiger partial charge in [-0.15, -0.1) is 0 Å². The molecule has 0 radical (unpaired) electrons. The van der Waals surface area contributed by atoms with Crippen LogP contribution in [0.25, 0.3) is 0 Å². The van der Waals surface area contributed by atoms with Crippen LogP contribution in [0.2, 0.25) is 0 Å². The van der Waals surface area contributed by atoms with Gasteiger partial charge in [0, 0.05) is 19.4 Å². The van der Waals surface area contributed by atoms with E-state index in [9.17, 15) is 34.2 Å². The van der Waals surface area contributed by atoms with E-state index in [1.807, 2.05) is 6.92 Å². The number of nitrogens with zero attached hydrogens (tertiary/aromatic N) is 1. The largest absolute Gasteiger partial charge is 0.508 e. The number of rotatable bonds is 13. The number of phenols is 1. The maximum atomic E-state index is 13.4. The van der Waals surface area contributed by atoms with E-state index < -0.39 is 53.8 Å². The molecule has 0 aromatic heterocycles. The van der Waals surface area contributed by atoms with Crippen LogP contribution >= 0.6 is 0 Å². The predicted molar refractivity (Wildman–Crippen MR) is 132 cm³/mol. The summed E-state index contributed by atoms with van der Waals surface area (Å²) in [7, 11) is 0. The first-order valence-electron chi connectivity index (χ1n) is 12.3. The van der Waals surface area contributed by atoms with Gasteiger partial charge in [-0.25, -0.2) is 4.79 Å². The summed E-state index contributed by atoms with van der Waals surface area (Å²) >= 11 is 0. The zero-order valence-corrected chi connectivity index (χ0v) is 21.1. The molecule has 1 aliphatic rings. The lowest BCUT2D eigenvalue weighted by Crippen LogP contribution is -2.57. The van der Waals surface area contributed by atoms with Crippen molar-refractivity contribution in [2.75, 3.05) is 6.54 Å². The van der Waals surface area contributed by atoms with Crippen molar-refractivity contribution in [3.63, 3.8) is 0 Å². The van der Waals surface area contributed by atoms with Crippen LogP contribution in [0.5, 0.6) is 5.75 Å². The highest BCUT2D eigenvalue weighted by Crippen LogP contribution is 2.21. The number of hydrogen-bond acceptors (Lipinski definition) is 7. The van der Waals surface area contributed by atoms with Crippen molar-refractivity contribution in [2.45, 2.75) is 76.5 Å². The van der Waals surface area contributed by atoms with Crippen LogP contribution in [0.3, 0.4) is 0 Å². The lowest BCUT2D eigenvalue weighted by Gasteiger charge is -2.30. The average molecular weight is 521 g/mol. The molecule has 0 aliphatic carbocycles. The molecule has 2 rings (SSSR count). The Kier molecular flexibility index (Phi) is 10.9. The first kappa shape index (κ1) is 29.6. The van der Waals surface area contributed by atoms with Gasteiger partial charge < -0.3 is 36.6 Å². The molecule has 7 N–H and O–H groups in total. The number of carboxylic acid groups (broad SMARTS) is 2. The summed E-state index contributed by atoms with van der Waals surface area (Å²) in [5, 5.41) is 33.2. The van der Waals surface area contributed by atoms with Crippen molar-refractivity contribution < 1.29 is 39.3 Å². The molecule has 0 bridgehead atoms. The number of carbonyl (C=O) groups excluding carboxylic acids is 3. The zero-order chi connectivity index (χ0) is 27.7. The molecule has 12 nitrogen and oxygen atoms in total. The Bertz CT molecular complexity index is 983. The molecule has 3 amide bonds. The molecule has 5 atom stereocenters. The Morgan fingerprint density at radius 1 is 1.08 bits per heavy atom. The van der Waals surface area contributed by atoms with Crippen LogP contribution in [0.1, 0.15) is 51.5 Å². The molecule has 0 spiro atoms. The van der Waals surface area contributed by atoms with Gasteiger partial charge in [0.1, 0.15) is 23.9 Å². The number of hydrogen-bond donors (Lipinski definition) is 6. The summed E-state index contributed by atoms with van der Waals surface area (Å²) in [5.41, 5.74) is 6.55. The summed E-state index contributed by atoms with van der Waals surface area (Å²) in [6.07, 6.45) is 0.795. The van der Waals surface area contributed by atoms with Gasteiger partial charge in [-0.1, -0.05) is 32.4 Å². The number of benzene rings is 1. The summed E-state index contributed by atoms with van der Waals surface area (Å²) in [6, 6.07) is 1.58. The highest BCUT2D eigenvalue weighted by Gasteiger charge is 2.39. The fourth-order valence-electron chi connectivity index (χ4n) is 4.14. The van der Waals surface area contributed by atoms with Gasteiger partial charge >= 0.3 is 11.9 Å². The van der Waals surface area contributed by atoms with E-state index in [1.165, 1.54) is 17.0 Å². The molecule has 1 fully saturated rings. The molecule has 1 aromatic rings. The smallest absolute Gasteiger partial charge is 0.326 e. The zero-order valence-electron chi connectivity index (χ0n) is 21.1. The Morgan fingerprint density at radius 3 is 2.30 bits per heavy atom. The van der Waals surface area contributed by atoms with Gasteiger partial charge in [-0.3, -0.25) is 19.2 Å². The molecule has 1 saturated heterocycles. The third-order valence-electron chi connectivity index (χ3n) is 6.65. The molecular formula is C25H36N4O8. The summed E-state index contributed by atoms with van der Waals surface area (Å²) in [4.78, 5) is 63.3. The van der Waals surface area contributed by atoms with Crippen molar-refractivity contribution >= 4 is 29.7 Å². The van der Waals surface area contributed by atoms with Crippen LogP contribution in [0, 0.1) is 5.92 Å².